The van der Waals surface area contributed by atoms with Crippen molar-refractivity contribution in [2.75, 3.05) is 18.0 Å². The standard InChI is InChI=1S/C15H25N3S/c1-2-13-14(11-16-12-7-8-12)19-15(17-13)18-9-5-3-4-6-10-18/h12,16H,2-11H2,1H3. The molecule has 4 heteroatoms. The molecule has 1 aliphatic carbocycles. The van der Waals surface area contributed by atoms with Gasteiger partial charge in [-0.25, -0.2) is 4.98 Å². The SMILES string of the molecule is CCc1nc(N2CCCCCC2)sc1CNC1CC1. The fourth-order valence-electron chi connectivity index (χ4n) is 2.71. The average Bonchev–Trinajstić information content (AvgIpc) is 3.21. The molecule has 3 rings (SSSR count). The zero-order valence-electron chi connectivity index (χ0n) is 12.0. The summed E-state index contributed by atoms with van der Waals surface area (Å²) < 4.78 is 0. The maximum absolute atomic E-state index is 4.90. The maximum atomic E-state index is 4.90. The number of anilines is 1. The van der Waals surface area contributed by atoms with Crippen molar-refractivity contribution in [3.05, 3.63) is 10.6 Å². The van der Waals surface area contributed by atoms with Crippen LogP contribution in [0, 0.1) is 0 Å². The van der Waals surface area contributed by atoms with E-state index in [1.165, 1.54) is 67.3 Å². The van der Waals surface area contributed by atoms with Crippen LogP contribution in [0.25, 0.3) is 0 Å². The molecule has 2 aliphatic rings. The van der Waals surface area contributed by atoms with E-state index in [4.69, 9.17) is 4.98 Å². The second-order valence-electron chi connectivity index (χ2n) is 5.78. The lowest BCUT2D eigenvalue weighted by Crippen LogP contribution is -2.23. The van der Waals surface area contributed by atoms with Gasteiger partial charge in [-0.15, -0.1) is 11.3 Å². The van der Waals surface area contributed by atoms with Crippen molar-refractivity contribution in [2.24, 2.45) is 0 Å². The maximum Gasteiger partial charge on any atom is 0.185 e. The number of rotatable bonds is 5. The van der Waals surface area contributed by atoms with Crippen molar-refractivity contribution < 1.29 is 0 Å². The molecule has 19 heavy (non-hydrogen) atoms. The van der Waals surface area contributed by atoms with E-state index < -0.39 is 0 Å². The summed E-state index contributed by atoms with van der Waals surface area (Å²) in [5.41, 5.74) is 1.32. The smallest absolute Gasteiger partial charge is 0.185 e. The Morgan fingerprint density at radius 1 is 1.21 bits per heavy atom. The van der Waals surface area contributed by atoms with E-state index in [1.807, 2.05) is 11.3 Å². The van der Waals surface area contributed by atoms with Gasteiger partial charge >= 0.3 is 0 Å². The number of hydrogen-bond donors (Lipinski definition) is 1. The number of nitrogens with one attached hydrogen (secondary N) is 1. The molecule has 2 fully saturated rings. The van der Waals surface area contributed by atoms with E-state index in [0.29, 0.717) is 0 Å². The summed E-state index contributed by atoms with van der Waals surface area (Å²) in [5, 5.41) is 4.90. The summed E-state index contributed by atoms with van der Waals surface area (Å²) in [7, 11) is 0. The Bertz CT molecular complexity index is 404. The normalized spacial score (nSPS) is 20.6. The van der Waals surface area contributed by atoms with Crippen LogP contribution in [0.4, 0.5) is 5.13 Å². The van der Waals surface area contributed by atoms with E-state index >= 15 is 0 Å². The second kappa shape index (κ2) is 6.23. The van der Waals surface area contributed by atoms with Crippen molar-refractivity contribution in [2.45, 2.75) is 64.5 Å². The molecule has 1 N–H and O–H groups in total. The minimum absolute atomic E-state index is 0.786. The first-order chi connectivity index (χ1) is 9.36. The van der Waals surface area contributed by atoms with Gasteiger partial charge in [0.2, 0.25) is 0 Å². The Balaban J connectivity index is 1.69. The lowest BCUT2D eigenvalue weighted by atomic mass is 10.2. The Hall–Kier alpha value is -0.610. The summed E-state index contributed by atoms with van der Waals surface area (Å²) >= 11 is 1.92. The highest BCUT2D eigenvalue weighted by Gasteiger charge is 2.22. The highest BCUT2D eigenvalue weighted by atomic mass is 32.1. The first kappa shape index (κ1) is 13.4. The Morgan fingerprint density at radius 3 is 2.58 bits per heavy atom. The number of aromatic nitrogens is 1. The summed E-state index contributed by atoms with van der Waals surface area (Å²) in [6, 6.07) is 0.786. The lowest BCUT2D eigenvalue weighted by molar-refractivity contribution is 0.689. The Labute approximate surface area is 120 Å². The highest BCUT2D eigenvalue weighted by Crippen LogP contribution is 2.29. The minimum Gasteiger partial charge on any atom is -0.348 e. The van der Waals surface area contributed by atoms with E-state index in [-0.39, 0.29) is 0 Å². The molecule has 0 aromatic carbocycles. The van der Waals surface area contributed by atoms with E-state index in [1.54, 1.807) is 0 Å². The fourth-order valence-corrected chi connectivity index (χ4v) is 3.86. The van der Waals surface area contributed by atoms with Crippen molar-refractivity contribution in [3.63, 3.8) is 0 Å². The van der Waals surface area contributed by atoms with Crippen molar-refractivity contribution in [3.8, 4) is 0 Å². The molecule has 0 atom stereocenters. The van der Waals surface area contributed by atoms with Gasteiger partial charge in [0.05, 0.1) is 5.69 Å². The zero-order chi connectivity index (χ0) is 13.1. The Kier molecular flexibility index (Phi) is 4.38. The predicted molar refractivity (Wildman–Crippen MR) is 82.0 cm³/mol. The molecule has 1 aromatic heterocycles. The van der Waals surface area contributed by atoms with Gasteiger partial charge in [0.1, 0.15) is 0 Å². The third kappa shape index (κ3) is 3.48. The topological polar surface area (TPSA) is 28.2 Å². The van der Waals surface area contributed by atoms with Crippen LogP contribution in [0.5, 0.6) is 0 Å². The molecule has 0 unspecified atom stereocenters. The first-order valence-corrected chi connectivity index (χ1v) is 8.65. The Morgan fingerprint density at radius 2 is 1.95 bits per heavy atom. The van der Waals surface area contributed by atoms with Crippen molar-refractivity contribution in [1.82, 2.24) is 10.3 Å². The first-order valence-electron chi connectivity index (χ1n) is 7.83. The molecule has 106 valence electrons. The van der Waals surface area contributed by atoms with Gasteiger partial charge in [-0.1, -0.05) is 19.8 Å². The van der Waals surface area contributed by atoms with Gasteiger partial charge in [0.15, 0.2) is 5.13 Å². The van der Waals surface area contributed by atoms with Crippen LogP contribution in [-0.2, 0) is 13.0 Å². The van der Waals surface area contributed by atoms with Crippen LogP contribution in [0.2, 0.25) is 0 Å². The molecule has 0 radical (unpaired) electrons. The zero-order valence-corrected chi connectivity index (χ0v) is 12.8. The monoisotopic (exact) mass is 279 g/mol. The van der Waals surface area contributed by atoms with Crippen molar-refractivity contribution in [1.29, 1.82) is 0 Å². The third-order valence-corrected chi connectivity index (χ3v) is 5.27. The fraction of sp³-hybridized carbons (Fsp3) is 0.800. The molecule has 0 spiro atoms. The summed E-state index contributed by atoms with van der Waals surface area (Å²) in [4.78, 5) is 8.87. The van der Waals surface area contributed by atoms with Crippen LogP contribution >= 0.6 is 11.3 Å². The van der Waals surface area contributed by atoms with Gasteiger partial charge < -0.3 is 10.2 Å². The van der Waals surface area contributed by atoms with Crippen LogP contribution in [-0.4, -0.2) is 24.1 Å². The van der Waals surface area contributed by atoms with Crippen LogP contribution in [0.1, 0.15) is 56.0 Å². The molecule has 1 saturated carbocycles. The predicted octanol–water partition coefficient (Wildman–Crippen LogP) is 3.34. The number of nitrogens with zero attached hydrogens (tertiary/aromatic N) is 2. The highest BCUT2D eigenvalue weighted by molar-refractivity contribution is 7.15. The van der Waals surface area contributed by atoms with Gasteiger partial charge in [0.25, 0.3) is 0 Å². The van der Waals surface area contributed by atoms with Gasteiger partial charge in [-0.3, -0.25) is 0 Å². The van der Waals surface area contributed by atoms with E-state index in [9.17, 15) is 0 Å². The van der Waals surface area contributed by atoms with Gasteiger partial charge in [-0.2, -0.15) is 0 Å². The van der Waals surface area contributed by atoms with Gasteiger partial charge in [-0.05, 0) is 32.1 Å². The largest absolute Gasteiger partial charge is 0.348 e. The molecule has 1 aromatic rings. The van der Waals surface area contributed by atoms with Crippen molar-refractivity contribution >= 4 is 16.5 Å². The van der Waals surface area contributed by atoms with E-state index in [2.05, 4.69) is 17.1 Å². The quantitative estimate of drug-likeness (QED) is 0.896. The number of hydrogen-bond acceptors (Lipinski definition) is 4. The molecule has 1 aliphatic heterocycles. The molecular weight excluding hydrogens is 254 g/mol. The molecule has 0 amide bonds. The number of aryl methyl sites for hydroxylation is 1. The minimum atomic E-state index is 0.786. The summed E-state index contributed by atoms with van der Waals surface area (Å²) in [6.07, 6.45) is 9.22. The molecule has 3 nitrogen and oxygen atoms in total. The van der Waals surface area contributed by atoms with Gasteiger partial charge in [0, 0.05) is 30.6 Å². The molecule has 2 heterocycles. The van der Waals surface area contributed by atoms with Crippen LogP contribution in [0.3, 0.4) is 0 Å². The van der Waals surface area contributed by atoms with Crippen LogP contribution in [0.15, 0.2) is 0 Å². The molecule has 0 bridgehead atoms. The third-order valence-electron chi connectivity index (χ3n) is 4.11. The summed E-state index contributed by atoms with van der Waals surface area (Å²) in [5.74, 6) is 0. The van der Waals surface area contributed by atoms with E-state index in [0.717, 1.165) is 19.0 Å². The molecular formula is C15H25N3S. The number of thiazole rings is 1. The average molecular weight is 279 g/mol. The lowest BCUT2D eigenvalue weighted by Gasteiger charge is -2.18. The second-order valence-corrected chi connectivity index (χ2v) is 6.84. The van der Waals surface area contributed by atoms with Crippen LogP contribution < -0.4 is 10.2 Å². The summed E-state index contributed by atoms with van der Waals surface area (Å²) in [6.45, 7) is 5.65. The molecule has 1 saturated heterocycles.